The molecule has 2 rings (SSSR count). The molecule has 0 radical (unpaired) electrons. The van der Waals surface area contributed by atoms with Gasteiger partial charge in [-0.2, -0.15) is 4.98 Å². The summed E-state index contributed by atoms with van der Waals surface area (Å²) in [5.41, 5.74) is 0. The van der Waals surface area contributed by atoms with Gasteiger partial charge in [0.15, 0.2) is 0 Å². The molecule has 0 aromatic carbocycles. The van der Waals surface area contributed by atoms with Crippen LogP contribution >= 0.6 is 0 Å². The molecule has 1 saturated heterocycles. The van der Waals surface area contributed by atoms with Crippen LogP contribution in [0.1, 0.15) is 6.92 Å². The highest BCUT2D eigenvalue weighted by Gasteiger charge is 2.18. The molecule has 1 aromatic heterocycles. The zero-order valence-electron chi connectivity index (χ0n) is 12.8. The molecule has 0 amide bonds. The van der Waals surface area contributed by atoms with Crippen LogP contribution in [0.2, 0.25) is 0 Å². The fourth-order valence-corrected chi connectivity index (χ4v) is 2.31. The van der Waals surface area contributed by atoms with Crippen molar-refractivity contribution in [1.82, 2.24) is 19.8 Å². The summed E-state index contributed by atoms with van der Waals surface area (Å²) in [5.74, 6) is 1.75. The minimum atomic E-state index is 0.722. The van der Waals surface area contributed by atoms with Gasteiger partial charge in [-0.15, -0.1) is 0 Å². The molecule has 1 aliphatic rings. The van der Waals surface area contributed by atoms with E-state index in [9.17, 15) is 0 Å². The van der Waals surface area contributed by atoms with Gasteiger partial charge in [-0.1, -0.05) is 0 Å². The second-order valence-electron chi connectivity index (χ2n) is 5.40. The van der Waals surface area contributed by atoms with Crippen molar-refractivity contribution in [2.45, 2.75) is 6.92 Å². The number of rotatable bonds is 6. The van der Waals surface area contributed by atoms with Gasteiger partial charge in [0.2, 0.25) is 5.95 Å². The van der Waals surface area contributed by atoms with Crippen molar-refractivity contribution in [3.63, 3.8) is 0 Å². The lowest BCUT2D eigenvalue weighted by molar-refractivity contribution is 0.229. The van der Waals surface area contributed by atoms with Crippen LogP contribution in [-0.4, -0.2) is 79.7 Å². The number of nitrogens with zero attached hydrogens (tertiary/aromatic N) is 5. The third kappa shape index (κ3) is 4.31. The van der Waals surface area contributed by atoms with E-state index < -0.39 is 0 Å². The molecule has 1 N–H and O–H groups in total. The second kappa shape index (κ2) is 7.40. The summed E-state index contributed by atoms with van der Waals surface area (Å²) in [4.78, 5) is 15.9. The van der Waals surface area contributed by atoms with E-state index in [-0.39, 0.29) is 0 Å². The Balaban J connectivity index is 1.85. The van der Waals surface area contributed by atoms with E-state index in [2.05, 4.69) is 51.0 Å². The summed E-state index contributed by atoms with van der Waals surface area (Å²) in [7, 11) is 4.25. The summed E-state index contributed by atoms with van der Waals surface area (Å²) in [6.45, 7) is 9.46. The zero-order valence-corrected chi connectivity index (χ0v) is 12.8. The van der Waals surface area contributed by atoms with Crippen molar-refractivity contribution in [1.29, 1.82) is 0 Å². The van der Waals surface area contributed by atoms with Gasteiger partial charge >= 0.3 is 0 Å². The summed E-state index contributed by atoms with van der Waals surface area (Å²) >= 11 is 0. The molecular weight excluding hydrogens is 252 g/mol. The molecule has 20 heavy (non-hydrogen) atoms. The second-order valence-corrected chi connectivity index (χ2v) is 5.40. The minimum absolute atomic E-state index is 0.722. The lowest BCUT2D eigenvalue weighted by Crippen LogP contribution is -2.48. The normalized spacial score (nSPS) is 16.7. The Morgan fingerprint density at radius 1 is 1.25 bits per heavy atom. The highest BCUT2D eigenvalue weighted by molar-refractivity contribution is 5.42. The SMILES string of the molecule is CCNc1nccc(N2CCN(CCN(C)C)CC2)n1. The van der Waals surface area contributed by atoms with E-state index in [1.165, 1.54) is 0 Å². The molecule has 0 saturated carbocycles. The van der Waals surface area contributed by atoms with Gasteiger partial charge in [-0.3, -0.25) is 4.90 Å². The van der Waals surface area contributed by atoms with E-state index >= 15 is 0 Å². The Morgan fingerprint density at radius 2 is 2.00 bits per heavy atom. The Bertz CT molecular complexity index is 400. The predicted octanol–water partition coefficient (Wildman–Crippen LogP) is 0.592. The molecule has 6 nitrogen and oxygen atoms in total. The van der Waals surface area contributed by atoms with Crippen LogP contribution in [0.5, 0.6) is 0 Å². The van der Waals surface area contributed by atoms with Gasteiger partial charge < -0.3 is 15.1 Å². The Hall–Kier alpha value is -1.40. The summed E-state index contributed by atoms with van der Waals surface area (Å²) < 4.78 is 0. The highest BCUT2D eigenvalue weighted by atomic mass is 15.3. The van der Waals surface area contributed by atoms with Crippen LogP contribution in [0.3, 0.4) is 0 Å². The zero-order chi connectivity index (χ0) is 14.4. The summed E-state index contributed by atoms with van der Waals surface area (Å²) in [6.07, 6.45) is 1.83. The standard InChI is InChI=1S/C14H26N6/c1-4-15-14-16-6-5-13(17-14)20-11-9-19(10-12-20)8-7-18(2)3/h5-6H,4,7-12H2,1-3H3,(H,15,16,17). The minimum Gasteiger partial charge on any atom is -0.354 e. The lowest BCUT2D eigenvalue weighted by atomic mass is 10.3. The van der Waals surface area contributed by atoms with Gasteiger partial charge in [0, 0.05) is 52.0 Å². The maximum atomic E-state index is 4.56. The van der Waals surface area contributed by atoms with Crippen LogP contribution < -0.4 is 10.2 Å². The van der Waals surface area contributed by atoms with Crippen LogP contribution in [0, 0.1) is 0 Å². The average Bonchev–Trinajstić information content (AvgIpc) is 2.46. The van der Waals surface area contributed by atoms with Gasteiger partial charge in [-0.05, 0) is 27.1 Å². The fraction of sp³-hybridized carbons (Fsp3) is 0.714. The third-order valence-electron chi connectivity index (χ3n) is 3.54. The molecule has 112 valence electrons. The molecule has 1 fully saturated rings. The van der Waals surface area contributed by atoms with E-state index in [4.69, 9.17) is 0 Å². The number of nitrogens with one attached hydrogen (secondary N) is 1. The van der Waals surface area contributed by atoms with Gasteiger partial charge in [0.05, 0.1) is 0 Å². The van der Waals surface area contributed by atoms with Crippen LogP contribution in [0.4, 0.5) is 11.8 Å². The summed E-state index contributed by atoms with van der Waals surface area (Å²) in [6, 6.07) is 2.00. The number of aromatic nitrogens is 2. The van der Waals surface area contributed by atoms with Crippen LogP contribution in [0.15, 0.2) is 12.3 Å². The smallest absolute Gasteiger partial charge is 0.224 e. The lowest BCUT2D eigenvalue weighted by Gasteiger charge is -2.35. The first-order valence-corrected chi connectivity index (χ1v) is 7.38. The molecule has 6 heteroatoms. The number of hydrogen-bond acceptors (Lipinski definition) is 6. The highest BCUT2D eigenvalue weighted by Crippen LogP contribution is 2.14. The molecule has 1 aliphatic heterocycles. The van der Waals surface area contributed by atoms with E-state index in [1.807, 2.05) is 12.3 Å². The third-order valence-corrected chi connectivity index (χ3v) is 3.54. The molecule has 1 aromatic rings. The van der Waals surface area contributed by atoms with Crippen LogP contribution in [0.25, 0.3) is 0 Å². The number of piperazine rings is 1. The Labute approximate surface area is 121 Å². The van der Waals surface area contributed by atoms with Crippen molar-refractivity contribution in [3.8, 4) is 0 Å². The van der Waals surface area contributed by atoms with Crippen molar-refractivity contribution >= 4 is 11.8 Å². The molecular formula is C14H26N6. The van der Waals surface area contributed by atoms with Crippen molar-refractivity contribution in [2.75, 3.05) is 70.1 Å². The fourth-order valence-electron chi connectivity index (χ4n) is 2.31. The molecule has 0 spiro atoms. The molecule has 0 aliphatic carbocycles. The molecule has 0 bridgehead atoms. The topological polar surface area (TPSA) is 47.5 Å². The van der Waals surface area contributed by atoms with Crippen molar-refractivity contribution < 1.29 is 0 Å². The largest absolute Gasteiger partial charge is 0.354 e. The maximum absolute atomic E-state index is 4.56. The monoisotopic (exact) mass is 278 g/mol. The van der Waals surface area contributed by atoms with Gasteiger partial charge in [0.1, 0.15) is 5.82 Å². The van der Waals surface area contributed by atoms with Crippen LogP contribution in [-0.2, 0) is 0 Å². The average molecular weight is 278 g/mol. The van der Waals surface area contributed by atoms with Crippen molar-refractivity contribution in [2.24, 2.45) is 0 Å². The van der Waals surface area contributed by atoms with E-state index in [0.29, 0.717) is 0 Å². The number of likely N-dealkylation sites (N-methyl/N-ethyl adjacent to an activating group) is 1. The first kappa shape index (κ1) is 15.0. The first-order chi connectivity index (χ1) is 9.69. The molecule has 2 heterocycles. The number of anilines is 2. The Kier molecular flexibility index (Phi) is 5.55. The predicted molar refractivity (Wildman–Crippen MR) is 83.4 cm³/mol. The number of hydrogen-bond donors (Lipinski definition) is 1. The first-order valence-electron chi connectivity index (χ1n) is 7.38. The van der Waals surface area contributed by atoms with Gasteiger partial charge in [0.25, 0.3) is 0 Å². The Morgan fingerprint density at radius 3 is 2.65 bits per heavy atom. The molecule has 0 unspecified atom stereocenters. The quantitative estimate of drug-likeness (QED) is 0.822. The van der Waals surface area contributed by atoms with Gasteiger partial charge in [-0.25, -0.2) is 4.98 Å². The van der Waals surface area contributed by atoms with Crippen molar-refractivity contribution in [3.05, 3.63) is 12.3 Å². The van der Waals surface area contributed by atoms with E-state index in [0.717, 1.165) is 57.6 Å². The maximum Gasteiger partial charge on any atom is 0.224 e. The molecule has 0 atom stereocenters. The summed E-state index contributed by atoms with van der Waals surface area (Å²) in [5, 5.41) is 3.16. The van der Waals surface area contributed by atoms with E-state index in [1.54, 1.807) is 0 Å².